The Balaban J connectivity index is 1.66. The number of carbonyl (C=O) groups excluding carboxylic acids is 1. The molecule has 0 radical (unpaired) electrons. The number of anilines is 1. The molecule has 0 saturated carbocycles. The molecule has 0 saturated heterocycles. The van der Waals surface area contributed by atoms with E-state index in [0.717, 1.165) is 5.56 Å². The monoisotopic (exact) mass is 426 g/mol. The number of hydrogen-bond acceptors (Lipinski definition) is 7. The molecule has 1 heterocycles. The van der Waals surface area contributed by atoms with Crippen molar-refractivity contribution in [2.24, 2.45) is 0 Å². The molecule has 0 aliphatic heterocycles. The van der Waals surface area contributed by atoms with Gasteiger partial charge >= 0.3 is 0 Å². The fourth-order valence-electron chi connectivity index (χ4n) is 2.90. The van der Waals surface area contributed by atoms with E-state index in [9.17, 15) is 4.79 Å². The van der Waals surface area contributed by atoms with Crippen LogP contribution in [0.3, 0.4) is 0 Å². The molecule has 0 fully saturated rings. The second-order valence-corrected chi connectivity index (χ2v) is 6.55. The van der Waals surface area contributed by atoms with Crippen molar-refractivity contribution in [1.82, 2.24) is 5.16 Å². The lowest BCUT2D eigenvalue weighted by Crippen LogP contribution is -2.12. The maximum Gasteiger partial charge on any atom is 0.277 e. The third-order valence-electron chi connectivity index (χ3n) is 4.44. The Morgan fingerprint density at radius 2 is 1.87 bits per heavy atom. The average Bonchev–Trinajstić information content (AvgIpc) is 3.29. The second-order valence-electron chi connectivity index (χ2n) is 6.55. The molecule has 8 nitrogen and oxygen atoms in total. The summed E-state index contributed by atoms with van der Waals surface area (Å²) < 4.78 is 26.8. The maximum atomic E-state index is 12.6. The highest BCUT2D eigenvalue weighted by Gasteiger charge is 2.17. The zero-order chi connectivity index (χ0) is 22.1. The number of benzene rings is 2. The van der Waals surface area contributed by atoms with Crippen molar-refractivity contribution in [3.63, 3.8) is 0 Å². The summed E-state index contributed by atoms with van der Waals surface area (Å²) in [6.07, 6.45) is 0. The molecule has 8 heteroatoms. The van der Waals surface area contributed by atoms with Crippen LogP contribution in [0.25, 0.3) is 11.3 Å². The van der Waals surface area contributed by atoms with Crippen molar-refractivity contribution < 1.29 is 28.3 Å². The summed E-state index contributed by atoms with van der Waals surface area (Å²) in [5, 5.41) is 6.73. The number of nitrogens with zero attached hydrogens (tertiary/aromatic N) is 1. The topological polar surface area (TPSA) is 92.1 Å². The summed E-state index contributed by atoms with van der Waals surface area (Å²) in [5.74, 6) is 1.24. The molecule has 0 bridgehead atoms. The molecule has 0 unspecified atom stereocenters. The Morgan fingerprint density at radius 3 is 2.65 bits per heavy atom. The summed E-state index contributed by atoms with van der Waals surface area (Å²) in [6.45, 7) is 4.11. The van der Waals surface area contributed by atoms with Crippen LogP contribution in [0.2, 0.25) is 0 Å². The predicted molar refractivity (Wildman–Crippen MR) is 116 cm³/mol. The van der Waals surface area contributed by atoms with E-state index in [1.165, 1.54) is 0 Å². The first-order valence-electron chi connectivity index (χ1n) is 9.89. The van der Waals surface area contributed by atoms with Gasteiger partial charge in [0.2, 0.25) is 0 Å². The van der Waals surface area contributed by atoms with Gasteiger partial charge in [0.25, 0.3) is 5.91 Å². The van der Waals surface area contributed by atoms with Gasteiger partial charge < -0.3 is 28.8 Å². The molecule has 164 valence electrons. The minimum absolute atomic E-state index is 0.151. The first-order chi connectivity index (χ1) is 15.1. The smallest absolute Gasteiger partial charge is 0.277 e. The van der Waals surface area contributed by atoms with Crippen molar-refractivity contribution in [1.29, 1.82) is 0 Å². The molecule has 1 N–H and O–H groups in total. The number of nitrogens with one attached hydrogen (secondary N) is 1. The van der Waals surface area contributed by atoms with Crippen LogP contribution in [-0.4, -0.2) is 45.1 Å². The van der Waals surface area contributed by atoms with Crippen LogP contribution in [0.5, 0.6) is 11.5 Å². The van der Waals surface area contributed by atoms with Crippen molar-refractivity contribution in [2.75, 3.05) is 39.4 Å². The van der Waals surface area contributed by atoms with Crippen molar-refractivity contribution in [3.05, 3.63) is 59.8 Å². The molecular weight excluding hydrogens is 400 g/mol. The van der Waals surface area contributed by atoms with Gasteiger partial charge in [-0.25, -0.2) is 0 Å². The van der Waals surface area contributed by atoms with Gasteiger partial charge in [0.1, 0.15) is 11.5 Å². The molecule has 0 aliphatic rings. The lowest BCUT2D eigenvalue weighted by Gasteiger charge is -2.08. The van der Waals surface area contributed by atoms with Crippen LogP contribution in [0, 0.1) is 0 Å². The first-order valence-corrected chi connectivity index (χ1v) is 9.89. The van der Waals surface area contributed by atoms with E-state index < -0.39 is 0 Å². The third kappa shape index (κ3) is 6.07. The molecule has 0 atom stereocenters. The largest absolute Gasteiger partial charge is 0.497 e. The van der Waals surface area contributed by atoms with Gasteiger partial charge in [0.05, 0.1) is 39.6 Å². The van der Waals surface area contributed by atoms with E-state index >= 15 is 0 Å². The van der Waals surface area contributed by atoms with Gasteiger partial charge in [0, 0.05) is 18.4 Å². The van der Waals surface area contributed by atoms with Crippen LogP contribution in [0.1, 0.15) is 23.0 Å². The molecule has 2 aromatic carbocycles. The quantitative estimate of drug-likeness (QED) is 0.460. The molecule has 0 spiro atoms. The zero-order valence-electron chi connectivity index (χ0n) is 17.8. The number of amides is 1. The average molecular weight is 426 g/mol. The van der Waals surface area contributed by atoms with E-state index in [1.54, 1.807) is 44.6 Å². The van der Waals surface area contributed by atoms with Gasteiger partial charge in [-0.05, 0) is 42.8 Å². The molecule has 3 aromatic rings. The van der Waals surface area contributed by atoms with Crippen LogP contribution in [0.15, 0.2) is 53.1 Å². The highest BCUT2D eigenvalue weighted by atomic mass is 16.5. The fourth-order valence-corrected chi connectivity index (χ4v) is 2.90. The van der Waals surface area contributed by atoms with Gasteiger partial charge in [0.15, 0.2) is 11.5 Å². The maximum absolute atomic E-state index is 12.6. The van der Waals surface area contributed by atoms with Crippen molar-refractivity contribution in [2.45, 2.75) is 13.5 Å². The number of ether oxygens (including phenoxy) is 4. The molecule has 3 rings (SSSR count). The standard InChI is InChI=1S/C23H26N2O6/c1-4-29-10-11-30-15-16-6-5-7-17(12-16)24-23(26)20-14-22(31-25-20)19-13-18(27-2)8-9-21(19)28-3/h5-9,12-14H,4,10-11,15H2,1-3H3,(H,24,26). The summed E-state index contributed by atoms with van der Waals surface area (Å²) in [7, 11) is 3.13. The van der Waals surface area contributed by atoms with Crippen molar-refractivity contribution in [3.8, 4) is 22.8 Å². The van der Waals surface area contributed by atoms with Crippen molar-refractivity contribution >= 4 is 11.6 Å². The first kappa shape index (κ1) is 22.3. The fraction of sp³-hybridized carbons (Fsp3) is 0.304. The van der Waals surface area contributed by atoms with Gasteiger partial charge in [-0.3, -0.25) is 4.79 Å². The predicted octanol–water partition coefficient (Wildman–Crippen LogP) is 4.16. The van der Waals surface area contributed by atoms with Gasteiger partial charge in [-0.15, -0.1) is 0 Å². The summed E-state index contributed by atoms with van der Waals surface area (Å²) in [6, 6.07) is 14.3. The van der Waals surface area contributed by atoms with Gasteiger partial charge in [-0.2, -0.15) is 0 Å². The van der Waals surface area contributed by atoms with E-state index in [2.05, 4.69) is 10.5 Å². The number of methoxy groups -OCH3 is 2. The lowest BCUT2D eigenvalue weighted by molar-refractivity contribution is 0.0453. The Labute approximate surface area is 181 Å². The van der Waals surface area contributed by atoms with Crippen LogP contribution >= 0.6 is 0 Å². The summed E-state index contributed by atoms with van der Waals surface area (Å²) in [5.41, 5.74) is 2.37. The number of aromatic nitrogens is 1. The highest BCUT2D eigenvalue weighted by Crippen LogP contribution is 2.33. The molecule has 1 amide bonds. The van der Waals surface area contributed by atoms with Crippen LogP contribution in [0.4, 0.5) is 5.69 Å². The van der Waals surface area contributed by atoms with E-state index in [1.807, 2.05) is 25.1 Å². The van der Waals surface area contributed by atoms with Crippen LogP contribution in [-0.2, 0) is 16.1 Å². The van der Waals surface area contributed by atoms with Gasteiger partial charge in [-0.1, -0.05) is 17.3 Å². The Morgan fingerprint density at radius 1 is 1.03 bits per heavy atom. The molecule has 0 aliphatic carbocycles. The third-order valence-corrected chi connectivity index (χ3v) is 4.44. The Bertz CT molecular complexity index is 1000. The Hall–Kier alpha value is -3.36. The molecule has 1 aromatic heterocycles. The summed E-state index contributed by atoms with van der Waals surface area (Å²) >= 11 is 0. The SMILES string of the molecule is CCOCCOCc1cccc(NC(=O)c2cc(-c3cc(OC)ccc3OC)on2)c1. The number of carbonyl (C=O) groups is 1. The normalized spacial score (nSPS) is 10.7. The molecular formula is C23H26N2O6. The Kier molecular flexibility index (Phi) is 8.03. The highest BCUT2D eigenvalue weighted by molar-refractivity contribution is 6.03. The zero-order valence-corrected chi connectivity index (χ0v) is 17.8. The van der Waals surface area contributed by atoms with E-state index in [0.29, 0.717) is 54.9 Å². The lowest BCUT2D eigenvalue weighted by atomic mass is 10.1. The number of rotatable bonds is 11. The van der Waals surface area contributed by atoms with E-state index in [4.69, 9.17) is 23.5 Å². The second kappa shape index (κ2) is 11.1. The summed E-state index contributed by atoms with van der Waals surface area (Å²) in [4.78, 5) is 12.6. The minimum atomic E-state index is -0.383. The molecule has 31 heavy (non-hydrogen) atoms. The number of hydrogen-bond donors (Lipinski definition) is 1. The van der Waals surface area contributed by atoms with E-state index in [-0.39, 0.29) is 11.6 Å². The minimum Gasteiger partial charge on any atom is -0.497 e. The van der Waals surface area contributed by atoms with Crippen LogP contribution < -0.4 is 14.8 Å².